The highest BCUT2D eigenvalue weighted by molar-refractivity contribution is 6.31. The first kappa shape index (κ1) is 31.1. The number of benzene rings is 1. The second-order valence-corrected chi connectivity index (χ2v) is 12.2. The highest BCUT2D eigenvalue weighted by Crippen LogP contribution is 2.46. The summed E-state index contributed by atoms with van der Waals surface area (Å²) in [5.74, 6) is -0.730. The molecular weight excluding hydrogens is 589 g/mol. The van der Waals surface area contributed by atoms with E-state index in [1.54, 1.807) is 29.0 Å². The van der Waals surface area contributed by atoms with Crippen LogP contribution in [0.15, 0.2) is 12.1 Å². The number of nitrogens with one attached hydrogen (secondary N) is 1. The topological polar surface area (TPSA) is 110 Å². The SMILES string of the molecule is CNC(=O)[C@@]1(C)CCCC[C@H]1C(=O)N1CCc2c(Cl)ccc(OCc3nnn(C)c3C(F)(F)F)c2C1CN1CCCC1=O. The van der Waals surface area contributed by atoms with Crippen molar-refractivity contribution in [2.45, 2.75) is 70.7 Å². The fourth-order valence-electron chi connectivity index (χ4n) is 6.94. The van der Waals surface area contributed by atoms with E-state index in [0.717, 1.165) is 19.9 Å². The van der Waals surface area contributed by atoms with E-state index in [0.29, 0.717) is 66.0 Å². The van der Waals surface area contributed by atoms with Gasteiger partial charge in [-0.05, 0) is 50.3 Å². The molecule has 5 rings (SSSR count). The first-order valence-corrected chi connectivity index (χ1v) is 14.9. The van der Waals surface area contributed by atoms with Crippen LogP contribution in [0, 0.1) is 11.3 Å². The average molecular weight is 625 g/mol. The number of likely N-dealkylation sites (tertiary alicyclic amines) is 1. The van der Waals surface area contributed by atoms with Crippen LogP contribution >= 0.6 is 11.6 Å². The normalized spacial score (nSPS) is 24.2. The first-order chi connectivity index (χ1) is 20.4. The van der Waals surface area contributed by atoms with Gasteiger partial charge >= 0.3 is 6.18 Å². The first-order valence-electron chi connectivity index (χ1n) is 14.6. The third kappa shape index (κ3) is 5.80. The van der Waals surface area contributed by atoms with Gasteiger partial charge in [-0.25, -0.2) is 4.68 Å². The van der Waals surface area contributed by atoms with E-state index in [9.17, 15) is 27.6 Å². The van der Waals surface area contributed by atoms with Crippen LogP contribution in [0.25, 0.3) is 0 Å². The summed E-state index contributed by atoms with van der Waals surface area (Å²) < 4.78 is 47.8. The van der Waals surface area contributed by atoms with Crippen molar-refractivity contribution in [3.05, 3.63) is 39.7 Å². The fraction of sp³-hybridized carbons (Fsp3) is 0.621. The van der Waals surface area contributed by atoms with E-state index in [-0.39, 0.29) is 35.7 Å². The van der Waals surface area contributed by atoms with Gasteiger partial charge < -0.3 is 19.9 Å². The number of carbonyl (C=O) groups excluding carboxylic acids is 3. The van der Waals surface area contributed by atoms with Crippen molar-refractivity contribution >= 4 is 29.3 Å². The Bertz CT molecular complexity index is 1420. The van der Waals surface area contributed by atoms with E-state index in [1.807, 2.05) is 6.92 Å². The summed E-state index contributed by atoms with van der Waals surface area (Å²) in [7, 11) is 2.73. The Labute approximate surface area is 252 Å². The molecule has 0 spiro atoms. The molecule has 2 aliphatic heterocycles. The third-order valence-electron chi connectivity index (χ3n) is 9.20. The third-order valence-corrected chi connectivity index (χ3v) is 9.56. The number of fused-ring (bicyclic) bond motifs is 1. The highest BCUT2D eigenvalue weighted by Gasteiger charge is 2.49. The van der Waals surface area contributed by atoms with Gasteiger partial charge in [-0.2, -0.15) is 13.2 Å². The number of aryl methyl sites for hydroxylation is 1. The van der Waals surface area contributed by atoms with E-state index in [4.69, 9.17) is 16.3 Å². The van der Waals surface area contributed by atoms with Gasteiger partial charge in [0, 0.05) is 50.7 Å². The van der Waals surface area contributed by atoms with Gasteiger partial charge in [-0.3, -0.25) is 14.4 Å². The molecule has 2 fully saturated rings. The van der Waals surface area contributed by atoms with Gasteiger partial charge in [0.1, 0.15) is 18.1 Å². The number of amides is 3. The van der Waals surface area contributed by atoms with Gasteiger partial charge in [-0.1, -0.05) is 29.7 Å². The molecule has 3 heterocycles. The zero-order valence-electron chi connectivity index (χ0n) is 24.5. The maximum atomic E-state index is 14.4. The fourth-order valence-corrected chi connectivity index (χ4v) is 7.20. The predicted octanol–water partition coefficient (Wildman–Crippen LogP) is 4.06. The monoisotopic (exact) mass is 624 g/mol. The smallest absolute Gasteiger partial charge is 0.435 e. The molecule has 10 nitrogen and oxygen atoms in total. The molecule has 43 heavy (non-hydrogen) atoms. The van der Waals surface area contributed by atoms with Crippen LogP contribution in [0.1, 0.15) is 74.0 Å². The molecule has 1 unspecified atom stereocenters. The maximum absolute atomic E-state index is 14.4. The van der Waals surface area contributed by atoms with Crippen LogP contribution in [0.4, 0.5) is 13.2 Å². The van der Waals surface area contributed by atoms with Crippen molar-refractivity contribution in [2.75, 3.05) is 26.7 Å². The minimum Gasteiger partial charge on any atom is -0.487 e. The molecule has 3 atom stereocenters. The number of ether oxygens (including phenoxy) is 1. The molecule has 14 heteroatoms. The average Bonchev–Trinajstić information content (AvgIpc) is 3.56. The molecular formula is C29H36ClF3N6O4. The van der Waals surface area contributed by atoms with Crippen LogP contribution in [-0.2, 0) is 40.6 Å². The zero-order chi connectivity index (χ0) is 31.1. The van der Waals surface area contributed by atoms with Crippen molar-refractivity contribution < 1.29 is 32.3 Å². The van der Waals surface area contributed by atoms with Gasteiger partial charge in [-0.15, -0.1) is 5.10 Å². The Morgan fingerprint density at radius 2 is 1.95 bits per heavy atom. The number of hydrogen-bond donors (Lipinski definition) is 1. The van der Waals surface area contributed by atoms with Crippen LogP contribution in [0.3, 0.4) is 0 Å². The quantitative estimate of drug-likeness (QED) is 0.498. The lowest BCUT2D eigenvalue weighted by molar-refractivity contribution is -0.153. The lowest BCUT2D eigenvalue weighted by Gasteiger charge is -2.46. The van der Waals surface area contributed by atoms with Gasteiger partial charge in [0.25, 0.3) is 0 Å². The zero-order valence-corrected chi connectivity index (χ0v) is 25.2. The summed E-state index contributed by atoms with van der Waals surface area (Å²) in [4.78, 5) is 43.6. The molecule has 1 N–H and O–H groups in total. The van der Waals surface area contributed by atoms with Gasteiger partial charge in [0.05, 0.1) is 17.4 Å². The summed E-state index contributed by atoms with van der Waals surface area (Å²) in [6.45, 7) is 2.32. The second kappa shape index (κ2) is 12.0. The summed E-state index contributed by atoms with van der Waals surface area (Å²) in [5, 5.41) is 10.4. The second-order valence-electron chi connectivity index (χ2n) is 11.8. The minimum atomic E-state index is -4.68. The number of rotatable bonds is 7. The van der Waals surface area contributed by atoms with Crippen LogP contribution in [0.2, 0.25) is 5.02 Å². The molecule has 3 amide bonds. The molecule has 1 aliphatic carbocycles. The van der Waals surface area contributed by atoms with Gasteiger partial charge in [0.2, 0.25) is 17.7 Å². The van der Waals surface area contributed by atoms with Crippen LogP contribution in [-0.4, -0.2) is 69.2 Å². The molecule has 1 saturated carbocycles. The van der Waals surface area contributed by atoms with E-state index in [2.05, 4.69) is 15.6 Å². The number of hydrogen-bond acceptors (Lipinski definition) is 6. The molecule has 1 aromatic carbocycles. The van der Waals surface area contributed by atoms with E-state index < -0.39 is 35.9 Å². The number of halogens is 4. The van der Waals surface area contributed by atoms with Crippen molar-refractivity contribution in [3.63, 3.8) is 0 Å². The Kier molecular flexibility index (Phi) is 8.65. The Balaban J connectivity index is 1.54. The molecule has 1 aromatic heterocycles. The molecule has 0 radical (unpaired) electrons. The van der Waals surface area contributed by atoms with Crippen molar-refractivity contribution in [3.8, 4) is 5.75 Å². The predicted molar refractivity (Wildman–Crippen MR) is 150 cm³/mol. The number of carbonyl (C=O) groups is 3. The van der Waals surface area contributed by atoms with E-state index in [1.165, 1.54) is 0 Å². The summed E-state index contributed by atoms with van der Waals surface area (Å²) in [5.41, 5.74) is -1.02. The molecule has 3 aliphatic rings. The molecule has 0 bridgehead atoms. The Morgan fingerprint density at radius 1 is 1.19 bits per heavy atom. The van der Waals surface area contributed by atoms with Crippen molar-refractivity contribution in [2.24, 2.45) is 18.4 Å². The van der Waals surface area contributed by atoms with Crippen LogP contribution in [0.5, 0.6) is 5.75 Å². The number of aromatic nitrogens is 3. The standard InChI is InChI=1S/C29H36ClF3N6O4/c1-28(27(42)34-2)12-5-4-7-18(28)26(41)39-14-11-17-19(30)9-10-22(24(17)21(39)15-38-13-6-8-23(38)40)43-16-20-25(29(31,32)33)37(3)36-35-20/h9-10,18,21H,4-8,11-16H2,1-3H3,(H,34,42)/t18-,21?,28-/m0/s1. The molecule has 1 saturated heterocycles. The summed E-state index contributed by atoms with van der Waals surface area (Å²) in [6.07, 6.45) is -0.456. The highest BCUT2D eigenvalue weighted by atomic mass is 35.5. The van der Waals surface area contributed by atoms with Crippen molar-refractivity contribution in [1.82, 2.24) is 30.1 Å². The van der Waals surface area contributed by atoms with Crippen molar-refractivity contribution in [1.29, 1.82) is 0 Å². The Morgan fingerprint density at radius 3 is 2.63 bits per heavy atom. The molecule has 234 valence electrons. The lowest BCUT2D eigenvalue weighted by Crippen LogP contribution is -2.54. The van der Waals surface area contributed by atoms with E-state index >= 15 is 0 Å². The summed E-state index contributed by atoms with van der Waals surface area (Å²) in [6, 6.07) is 2.52. The lowest BCUT2D eigenvalue weighted by atomic mass is 9.66. The number of alkyl halides is 3. The molecule has 2 aromatic rings. The minimum absolute atomic E-state index is 0.0359. The summed E-state index contributed by atoms with van der Waals surface area (Å²) >= 11 is 6.65. The largest absolute Gasteiger partial charge is 0.487 e. The van der Waals surface area contributed by atoms with Crippen LogP contribution < -0.4 is 10.1 Å². The maximum Gasteiger partial charge on any atom is 0.435 e. The number of nitrogens with zero attached hydrogens (tertiary/aromatic N) is 5. The Hall–Kier alpha value is -3.35. The van der Waals surface area contributed by atoms with Gasteiger partial charge in [0.15, 0.2) is 5.69 Å².